The predicted molar refractivity (Wildman–Crippen MR) is 106 cm³/mol. The topological polar surface area (TPSA) is 12.9 Å². The molecule has 0 saturated heterocycles. The fourth-order valence-corrected chi connectivity index (χ4v) is 4.35. The van der Waals surface area contributed by atoms with Crippen molar-refractivity contribution in [2.45, 2.75) is 5.41 Å². The van der Waals surface area contributed by atoms with Crippen molar-refractivity contribution < 1.29 is 0 Å². The van der Waals surface area contributed by atoms with E-state index in [4.69, 9.17) is 4.98 Å². The third-order valence-corrected chi connectivity index (χ3v) is 5.35. The van der Waals surface area contributed by atoms with Crippen LogP contribution in [0.15, 0.2) is 97.1 Å². The first-order chi connectivity index (χ1) is 12.8. The maximum absolute atomic E-state index is 4.89. The van der Waals surface area contributed by atoms with E-state index in [1.54, 1.807) is 0 Å². The number of aromatic nitrogens is 1. The minimum atomic E-state index is -0.415. The quantitative estimate of drug-likeness (QED) is 0.408. The lowest BCUT2D eigenvalue weighted by molar-refractivity contribution is 0.732. The van der Waals surface area contributed by atoms with Crippen molar-refractivity contribution in [1.29, 1.82) is 0 Å². The lowest BCUT2D eigenvalue weighted by Gasteiger charge is -2.32. The molecule has 1 radical (unpaired) electrons. The van der Waals surface area contributed by atoms with Crippen LogP contribution in [0.5, 0.6) is 0 Å². The largest absolute Gasteiger partial charge is 0.256 e. The van der Waals surface area contributed by atoms with Gasteiger partial charge in [-0.25, -0.2) is 0 Å². The Labute approximate surface area is 154 Å². The number of benzene rings is 3. The summed E-state index contributed by atoms with van der Waals surface area (Å²) < 4.78 is 0. The van der Waals surface area contributed by atoms with Crippen molar-refractivity contribution in [3.8, 4) is 11.1 Å². The lowest BCUT2D eigenvalue weighted by Crippen LogP contribution is -2.29. The van der Waals surface area contributed by atoms with E-state index in [9.17, 15) is 0 Å². The highest BCUT2D eigenvalue weighted by Crippen LogP contribution is 2.55. The number of nitrogens with zero attached hydrogens (tertiary/aromatic N) is 1. The molecular formula is C25H18N. The van der Waals surface area contributed by atoms with E-state index < -0.39 is 5.41 Å². The molecule has 1 aromatic heterocycles. The second-order valence-corrected chi connectivity index (χ2v) is 6.72. The second kappa shape index (κ2) is 5.67. The highest BCUT2D eigenvalue weighted by Gasteiger charge is 2.46. The van der Waals surface area contributed by atoms with Gasteiger partial charge in [0.1, 0.15) is 0 Å². The molecule has 1 heterocycles. The summed E-state index contributed by atoms with van der Waals surface area (Å²) in [6.07, 6.45) is 0. The number of rotatable bonds is 2. The Hall–Kier alpha value is -3.19. The molecule has 0 bridgehead atoms. The SMILES string of the molecule is [CH2]c1cccc(C2(c3ccccc3)c3ccccc3-c3ccccc32)n1. The normalized spacial score (nSPS) is 13.9. The van der Waals surface area contributed by atoms with Gasteiger partial charge in [-0.05, 0) is 46.9 Å². The first kappa shape index (κ1) is 15.1. The van der Waals surface area contributed by atoms with E-state index >= 15 is 0 Å². The van der Waals surface area contributed by atoms with Crippen LogP contribution in [-0.4, -0.2) is 4.98 Å². The van der Waals surface area contributed by atoms with Crippen LogP contribution in [0, 0.1) is 6.92 Å². The van der Waals surface area contributed by atoms with E-state index in [0.717, 1.165) is 11.4 Å². The number of fused-ring (bicyclic) bond motifs is 3. The van der Waals surface area contributed by atoms with Crippen molar-refractivity contribution in [3.05, 3.63) is 132 Å². The molecule has 5 rings (SSSR count). The second-order valence-electron chi connectivity index (χ2n) is 6.72. The van der Waals surface area contributed by atoms with E-state index in [1.165, 1.54) is 27.8 Å². The summed E-state index contributed by atoms with van der Waals surface area (Å²) in [6, 6.07) is 34.2. The molecule has 1 heteroatoms. The van der Waals surface area contributed by atoms with Gasteiger partial charge in [0.2, 0.25) is 0 Å². The van der Waals surface area contributed by atoms with Crippen LogP contribution in [-0.2, 0) is 5.41 Å². The highest BCUT2D eigenvalue weighted by atomic mass is 14.7. The molecule has 1 aliphatic carbocycles. The van der Waals surface area contributed by atoms with Gasteiger partial charge in [0.15, 0.2) is 0 Å². The molecule has 0 fully saturated rings. The molecular weight excluding hydrogens is 314 g/mol. The van der Waals surface area contributed by atoms with Crippen molar-refractivity contribution in [1.82, 2.24) is 4.98 Å². The van der Waals surface area contributed by atoms with Crippen molar-refractivity contribution in [2.24, 2.45) is 0 Å². The van der Waals surface area contributed by atoms with Crippen LogP contribution in [0.1, 0.15) is 28.1 Å². The fraction of sp³-hybridized carbons (Fsp3) is 0.0400. The summed E-state index contributed by atoms with van der Waals surface area (Å²) in [4.78, 5) is 4.89. The summed E-state index contributed by atoms with van der Waals surface area (Å²) in [6.45, 7) is 4.08. The predicted octanol–water partition coefficient (Wildman–Crippen LogP) is 5.63. The van der Waals surface area contributed by atoms with Crippen LogP contribution in [0.25, 0.3) is 11.1 Å². The van der Waals surface area contributed by atoms with E-state index in [0.29, 0.717) is 0 Å². The Bertz CT molecular complexity index is 1050. The Morgan fingerprint density at radius 1 is 0.577 bits per heavy atom. The maximum atomic E-state index is 4.89. The Morgan fingerprint density at radius 2 is 1.15 bits per heavy atom. The Balaban J connectivity index is 1.98. The summed E-state index contributed by atoms with van der Waals surface area (Å²) >= 11 is 0. The first-order valence-corrected chi connectivity index (χ1v) is 8.86. The maximum Gasteiger partial charge on any atom is 0.0885 e. The monoisotopic (exact) mass is 332 g/mol. The van der Waals surface area contributed by atoms with Crippen LogP contribution < -0.4 is 0 Å². The van der Waals surface area contributed by atoms with Gasteiger partial charge in [0.05, 0.1) is 11.1 Å². The van der Waals surface area contributed by atoms with Crippen molar-refractivity contribution in [3.63, 3.8) is 0 Å². The highest BCUT2D eigenvalue weighted by molar-refractivity contribution is 5.85. The summed E-state index contributed by atoms with van der Waals surface area (Å²) in [5.74, 6) is 0. The molecule has 123 valence electrons. The van der Waals surface area contributed by atoms with Gasteiger partial charge in [-0.15, -0.1) is 0 Å². The molecule has 1 aliphatic rings. The smallest absolute Gasteiger partial charge is 0.0885 e. The molecule has 0 unspecified atom stereocenters. The van der Waals surface area contributed by atoms with Crippen LogP contribution in [0.3, 0.4) is 0 Å². The minimum absolute atomic E-state index is 0.415. The molecule has 0 saturated carbocycles. The van der Waals surface area contributed by atoms with Crippen molar-refractivity contribution >= 4 is 0 Å². The van der Waals surface area contributed by atoms with Gasteiger partial charge in [-0.2, -0.15) is 0 Å². The van der Waals surface area contributed by atoms with Gasteiger partial charge in [-0.3, -0.25) is 4.98 Å². The van der Waals surface area contributed by atoms with Gasteiger partial charge in [0.25, 0.3) is 0 Å². The number of hydrogen-bond acceptors (Lipinski definition) is 1. The molecule has 0 aliphatic heterocycles. The third-order valence-electron chi connectivity index (χ3n) is 5.35. The van der Waals surface area contributed by atoms with Gasteiger partial charge in [-0.1, -0.05) is 84.9 Å². The molecule has 0 amide bonds. The third kappa shape index (κ3) is 1.94. The first-order valence-electron chi connectivity index (χ1n) is 8.86. The van der Waals surface area contributed by atoms with Crippen LogP contribution in [0.2, 0.25) is 0 Å². The molecule has 0 atom stereocenters. The Kier molecular flexibility index (Phi) is 3.29. The Morgan fingerprint density at radius 3 is 1.77 bits per heavy atom. The average molecular weight is 332 g/mol. The molecule has 4 aromatic rings. The summed E-state index contributed by atoms with van der Waals surface area (Å²) in [5, 5.41) is 0. The van der Waals surface area contributed by atoms with E-state index in [-0.39, 0.29) is 0 Å². The number of pyridine rings is 1. The molecule has 0 spiro atoms. The zero-order chi connectivity index (χ0) is 17.6. The lowest BCUT2D eigenvalue weighted by atomic mass is 9.70. The summed E-state index contributed by atoms with van der Waals surface area (Å²) in [5.41, 5.74) is 7.76. The van der Waals surface area contributed by atoms with Crippen LogP contribution in [0.4, 0.5) is 0 Å². The van der Waals surface area contributed by atoms with E-state index in [1.807, 2.05) is 6.07 Å². The van der Waals surface area contributed by atoms with Crippen LogP contribution >= 0.6 is 0 Å². The van der Waals surface area contributed by atoms with Gasteiger partial charge in [0, 0.05) is 5.69 Å². The number of hydrogen-bond donors (Lipinski definition) is 0. The fourth-order valence-electron chi connectivity index (χ4n) is 4.35. The summed E-state index contributed by atoms with van der Waals surface area (Å²) in [7, 11) is 0. The molecule has 0 N–H and O–H groups in total. The molecule has 1 nitrogen and oxygen atoms in total. The average Bonchev–Trinajstić information content (AvgIpc) is 3.00. The van der Waals surface area contributed by atoms with Gasteiger partial charge < -0.3 is 0 Å². The minimum Gasteiger partial charge on any atom is -0.256 e. The van der Waals surface area contributed by atoms with E-state index in [2.05, 4.69) is 97.9 Å². The van der Waals surface area contributed by atoms with Crippen molar-refractivity contribution in [2.75, 3.05) is 0 Å². The zero-order valence-corrected chi connectivity index (χ0v) is 14.4. The standard InChI is InChI=1S/C25H18N/c1-18-10-9-17-24(26-18)25(19-11-3-2-4-12-19)22-15-7-5-13-20(22)21-14-6-8-16-23(21)25/h2-17H,1H2. The molecule has 26 heavy (non-hydrogen) atoms. The zero-order valence-electron chi connectivity index (χ0n) is 14.4. The van der Waals surface area contributed by atoms with Gasteiger partial charge >= 0.3 is 0 Å². The molecule has 3 aromatic carbocycles.